The highest BCUT2D eigenvalue weighted by Gasteiger charge is 2.18. The van der Waals surface area contributed by atoms with Crippen LogP contribution in [-0.4, -0.2) is 28.2 Å². The fourth-order valence-electron chi connectivity index (χ4n) is 1.89. The van der Waals surface area contributed by atoms with Crippen LogP contribution in [0.15, 0.2) is 22.6 Å². The molecule has 1 heterocycles. The molecule has 0 aliphatic rings. The van der Waals surface area contributed by atoms with Crippen molar-refractivity contribution in [3.05, 3.63) is 39.8 Å². The number of nitro groups is 1. The first kappa shape index (κ1) is 14.1. The average Bonchev–Trinajstić information content (AvgIpc) is 2.87. The van der Waals surface area contributed by atoms with Crippen LogP contribution in [0.5, 0.6) is 0 Å². The van der Waals surface area contributed by atoms with Crippen LogP contribution in [0.25, 0.3) is 11.5 Å². The summed E-state index contributed by atoms with van der Waals surface area (Å²) in [5.74, 6) is 0.838. The Kier molecular flexibility index (Phi) is 4.41. The second-order valence-corrected chi connectivity index (χ2v) is 4.31. The molecule has 0 unspecified atom stereocenters. The SMILES string of the molecule is CCNCCc1nnc(-c2cccc([N+](=O)[O-])c2C)o1. The van der Waals surface area contributed by atoms with Gasteiger partial charge in [0.15, 0.2) is 0 Å². The van der Waals surface area contributed by atoms with E-state index < -0.39 is 4.92 Å². The molecule has 1 aromatic carbocycles. The van der Waals surface area contributed by atoms with Crippen LogP contribution in [-0.2, 0) is 6.42 Å². The molecule has 1 aromatic heterocycles. The van der Waals surface area contributed by atoms with Crippen LogP contribution >= 0.6 is 0 Å². The summed E-state index contributed by atoms with van der Waals surface area (Å²) in [6.45, 7) is 5.33. The van der Waals surface area contributed by atoms with Crippen molar-refractivity contribution in [1.29, 1.82) is 0 Å². The molecular weight excluding hydrogens is 260 g/mol. The van der Waals surface area contributed by atoms with E-state index in [2.05, 4.69) is 15.5 Å². The minimum Gasteiger partial charge on any atom is -0.421 e. The van der Waals surface area contributed by atoms with Gasteiger partial charge < -0.3 is 9.73 Å². The van der Waals surface area contributed by atoms with Gasteiger partial charge in [-0.1, -0.05) is 13.0 Å². The van der Waals surface area contributed by atoms with Crippen molar-refractivity contribution in [2.75, 3.05) is 13.1 Å². The Hall–Kier alpha value is -2.28. The van der Waals surface area contributed by atoms with Crippen molar-refractivity contribution >= 4 is 5.69 Å². The molecule has 0 fully saturated rings. The van der Waals surface area contributed by atoms with E-state index in [9.17, 15) is 10.1 Å². The smallest absolute Gasteiger partial charge is 0.273 e. The van der Waals surface area contributed by atoms with Crippen molar-refractivity contribution in [1.82, 2.24) is 15.5 Å². The monoisotopic (exact) mass is 276 g/mol. The van der Waals surface area contributed by atoms with Crippen molar-refractivity contribution in [2.45, 2.75) is 20.3 Å². The minimum atomic E-state index is -0.415. The van der Waals surface area contributed by atoms with Crippen molar-refractivity contribution in [3.63, 3.8) is 0 Å². The molecule has 0 amide bonds. The van der Waals surface area contributed by atoms with Gasteiger partial charge in [0.1, 0.15) is 0 Å². The van der Waals surface area contributed by atoms with Gasteiger partial charge in [0, 0.05) is 30.2 Å². The second-order valence-electron chi connectivity index (χ2n) is 4.31. The summed E-state index contributed by atoms with van der Waals surface area (Å²) < 4.78 is 5.55. The molecule has 1 N–H and O–H groups in total. The number of nitro benzene ring substituents is 1. The van der Waals surface area contributed by atoms with Gasteiger partial charge >= 0.3 is 0 Å². The number of aromatic nitrogens is 2. The van der Waals surface area contributed by atoms with Crippen molar-refractivity contribution < 1.29 is 9.34 Å². The summed E-state index contributed by atoms with van der Waals surface area (Å²) in [7, 11) is 0. The summed E-state index contributed by atoms with van der Waals surface area (Å²) in [6.07, 6.45) is 0.634. The molecule has 7 heteroatoms. The van der Waals surface area contributed by atoms with Crippen LogP contribution < -0.4 is 5.32 Å². The maximum atomic E-state index is 10.9. The van der Waals surface area contributed by atoms with E-state index in [1.54, 1.807) is 19.1 Å². The molecule has 0 atom stereocenters. The van der Waals surface area contributed by atoms with Crippen molar-refractivity contribution in [2.24, 2.45) is 0 Å². The molecule has 2 rings (SSSR count). The summed E-state index contributed by atoms with van der Waals surface area (Å²) in [4.78, 5) is 10.5. The van der Waals surface area contributed by atoms with E-state index in [-0.39, 0.29) is 5.69 Å². The molecule has 0 bridgehead atoms. The molecule has 0 spiro atoms. The quantitative estimate of drug-likeness (QED) is 0.493. The summed E-state index contributed by atoms with van der Waals surface area (Å²) >= 11 is 0. The zero-order valence-corrected chi connectivity index (χ0v) is 11.4. The number of benzene rings is 1. The fraction of sp³-hybridized carbons (Fsp3) is 0.385. The van der Waals surface area contributed by atoms with E-state index in [0.717, 1.165) is 13.1 Å². The van der Waals surface area contributed by atoms with Crippen LogP contribution in [0.1, 0.15) is 18.4 Å². The lowest BCUT2D eigenvalue weighted by Gasteiger charge is -2.01. The Morgan fingerprint density at radius 3 is 2.90 bits per heavy atom. The van der Waals surface area contributed by atoms with Gasteiger partial charge in [-0.05, 0) is 19.5 Å². The standard InChI is InChI=1S/C13H16N4O3/c1-3-14-8-7-12-15-16-13(20-12)10-5-4-6-11(9(10)2)17(18)19/h4-6,14H,3,7-8H2,1-2H3. The highest BCUT2D eigenvalue weighted by Crippen LogP contribution is 2.28. The van der Waals surface area contributed by atoms with E-state index in [0.29, 0.717) is 29.3 Å². The normalized spacial score (nSPS) is 10.7. The largest absolute Gasteiger partial charge is 0.421 e. The lowest BCUT2D eigenvalue weighted by atomic mass is 10.1. The Morgan fingerprint density at radius 1 is 1.40 bits per heavy atom. The third-order valence-corrected chi connectivity index (χ3v) is 2.96. The Labute approximate surface area is 116 Å². The zero-order valence-electron chi connectivity index (χ0n) is 11.4. The summed E-state index contributed by atoms with van der Waals surface area (Å²) in [5.41, 5.74) is 1.18. The van der Waals surface area contributed by atoms with Gasteiger partial charge in [-0.3, -0.25) is 10.1 Å². The molecular formula is C13H16N4O3. The maximum Gasteiger partial charge on any atom is 0.273 e. The van der Waals surface area contributed by atoms with Crippen LogP contribution in [0, 0.1) is 17.0 Å². The number of hydrogen-bond donors (Lipinski definition) is 1. The molecule has 7 nitrogen and oxygen atoms in total. The first-order chi connectivity index (χ1) is 9.63. The molecule has 0 saturated heterocycles. The molecule has 20 heavy (non-hydrogen) atoms. The lowest BCUT2D eigenvalue weighted by molar-refractivity contribution is -0.385. The summed E-state index contributed by atoms with van der Waals surface area (Å²) in [5, 5.41) is 22.0. The predicted octanol–water partition coefficient (Wildman–Crippen LogP) is 2.11. The number of nitrogens with zero attached hydrogens (tertiary/aromatic N) is 3. The zero-order chi connectivity index (χ0) is 14.5. The van der Waals surface area contributed by atoms with E-state index in [4.69, 9.17) is 4.42 Å². The van der Waals surface area contributed by atoms with Crippen LogP contribution in [0.3, 0.4) is 0 Å². The first-order valence-electron chi connectivity index (χ1n) is 6.41. The predicted molar refractivity (Wildman–Crippen MR) is 73.4 cm³/mol. The molecule has 0 aliphatic heterocycles. The van der Waals surface area contributed by atoms with Gasteiger partial charge in [0.05, 0.1) is 4.92 Å². The molecule has 0 aliphatic carbocycles. The Balaban J connectivity index is 2.24. The third kappa shape index (κ3) is 3.00. The highest BCUT2D eigenvalue weighted by molar-refractivity contribution is 5.64. The van der Waals surface area contributed by atoms with E-state index in [1.165, 1.54) is 6.07 Å². The molecule has 2 aromatic rings. The fourth-order valence-corrected chi connectivity index (χ4v) is 1.89. The van der Waals surface area contributed by atoms with Crippen LogP contribution in [0.2, 0.25) is 0 Å². The number of likely N-dealkylation sites (N-methyl/N-ethyl adjacent to an activating group) is 1. The van der Waals surface area contributed by atoms with Crippen molar-refractivity contribution in [3.8, 4) is 11.5 Å². The lowest BCUT2D eigenvalue weighted by Crippen LogP contribution is -2.16. The molecule has 0 saturated carbocycles. The number of nitrogens with one attached hydrogen (secondary N) is 1. The number of hydrogen-bond acceptors (Lipinski definition) is 6. The van der Waals surface area contributed by atoms with Gasteiger partial charge in [-0.25, -0.2) is 0 Å². The average molecular weight is 276 g/mol. The second kappa shape index (κ2) is 6.25. The van der Waals surface area contributed by atoms with Gasteiger partial charge in [-0.2, -0.15) is 0 Å². The van der Waals surface area contributed by atoms with E-state index in [1.807, 2.05) is 6.92 Å². The maximum absolute atomic E-state index is 10.9. The van der Waals surface area contributed by atoms with E-state index >= 15 is 0 Å². The topological polar surface area (TPSA) is 94.1 Å². The Morgan fingerprint density at radius 2 is 2.20 bits per heavy atom. The molecule has 106 valence electrons. The van der Waals surface area contributed by atoms with Gasteiger partial charge in [0.2, 0.25) is 11.8 Å². The van der Waals surface area contributed by atoms with Gasteiger partial charge in [0.25, 0.3) is 5.69 Å². The minimum absolute atomic E-state index is 0.0508. The third-order valence-electron chi connectivity index (χ3n) is 2.96. The Bertz CT molecular complexity index is 609. The molecule has 0 radical (unpaired) electrons. The first-order valence-corrected chi connectivity index (χ1v) is 6.41. The summed E-state index contributed by atoms with van der Waals surface area (Å²) in [6, 6.07) is 4.81. The van der Waals surface area contributed by atoms with Gasteiger partial charge in [-0.15, -0.1) is 10.2 Å². The highest BCUT2D eigenvalue weighted by atomic mass is 16.6. The van der Waals surface area contributed by atoms with Crippen LogP contribution in [0.4, 0.5) is 5.69 Å². The number of rotatable bonds is 6.